The summed E-state index contributed by atoms with van der Waals surface area (Å²) in [6.07, 6.45) is 0. The van der Waals surface area contributed by atoms with E-state index in [1.165, 1.54) is 16.7 Å². The highest BCUT2D eigenvalue weighted by atomic mass is 16.1. The van der Waals surface area contributed by atoms with Gasteiger partial charge in [0.2, 0.25) is 0 Å². The van der Waals surface area contributed by atoms with Crippen LogP contribution >= 0.6 is 0 Å². The summed E-state index contributed by atoms with van der Waals surface area (Å²) < 4.78 is 1.78. The number of pyridine rings is 2. The van der Waals surface area contributed by atoms with E-state index in [9.17, 15) is 4.79 Å². The Morgan fingerprint density at radius 1 is 0.850 bits per heavy atom. The Kier molecular flexibility index (Phi) is 2.94. The fraction of sp³-hybridized carbons (Fsp3) is 0.167. The van der Waals surface area contributed by atoms with Crippen molar-refractivity contribution >= 4 is 5.52 Å². The van der Waals surface area contributed by atoms with Gasteiger partial charge in [-0.15, -0.1) is 0 Å². The Labute approximate surface area is 118 Å². The van der Waals surface area contributed by atoms with Crippen LogP contribution in [0.4, 0.5) is 0 Å². The second-order valence-electron chi connectivity index (χ2n) is 5.31. The van der Waals surface area contributed by atoms with Gasteiger partial charge in [-0.2, -0.15) is 0 Å². The van der Waals surface area contributed by atoms with Crippen LogP contribution in [0.3, 0.4) is 0 Å². The molecule has 0 atom stereocenters. The number of nitrogens with zero attached hydrogens (tertiary/aromatic N) is 1. The van der Waals surface area contributed by atoms with Crippen LogP contribution in [-0.2, 0) is 0 Å². The van der Waals surface area contributed by atoms with Crippen molar-refractivity contribution in [1.29, 1.82) is 0 Å². The van der Waals surface area contributed by atoms with Crippen LogP contribution < -0.4 is 5.56 Å². The lowest BCUT2D eigenvalue weighted by Gasteiger charge is -2.14. The molecular weight excluding hydrogens is 246 g/mol. The Hall–Kier alpha value is -2.35. The van der Waals surface area contributed by atoms with E-state index in [2.05, 4.69) is 32.9 Å². The molecule has 20 heavy (non-hydrogen) atoms. The van der Waals surface area contributed by atoms with Gasteiger partial charge < -0.3 is 0 Å². The monoisotopic (exact) mass is 263 g/mol. The minimum Gasteiger partial charge on any atom is -0.277 e. The maximum atomic E-state index is 12.2. The first kappa shape index (κ1) is 12.7. The minimum absolute atomic E-state index is 0.0116. The molecule has 0 aliphatic heterocycles. The largest absolute Gasteiger partial charge is 0.277 e. The second kappa shape index (κ2) is 4.64. The smallest absolute Gasteiger partial charge is 0.255 e. The van der Waals surface area contributed by atoms with Crippen molar-refractivity contribution in [2.24, 2.45) is 0 Å². The van der Waals surface area contributed by atoms with Crippen LogP contribution in [0.1, 0.15) is 16.7 Å². The Morgan fingerprint density at radius 2 is 1.45 bits per heavy atom. The van der Waals surface area contributed by atoms with Crippen molar-refractivity contribution in [3.05, 3.63) is 75.6 Å². The van der Waals surface area contributed by atoms with Crippen LogP contribution in [0.2, 0.25) is 0 Å². The van der Waals surface area contributed by atoms with Gasteiger partial charge >= 0.3 is 0 Å². The average molecular weight is 263 g/mol. The Bertz CT molecular complexity index is 830. The molecule has 0 fully saturated rings. The second-order valence-corrected chi connectivity index (χ2v) is 5.31. The topological polar surface area (TPSA) is 21.5 Å². The van der Waals surface area contributed by atoms with Crippen molar-refractivity contribution < 1.29 is 0 Å². The molecule has 0 N–H and O–H groups in total. The molecule has 2 heterocycles. The third-order valence-corrected chi connectivity index (χ3v) is 3.68. The summed E-state index contributed by atoms with van der Waals surface area (Å²) in [4.78, 5) is 12.2. The average Bonchev–Trinajstić information content (AvgIpc) is 2.38. The fourth-order valence-corrected chi connectivity index (χ4v) is 2.98. The molecule has 3 rings (SSSR count). The summed E-state index contributed by atoms with van der Waals surface area (Å²) in [6, 6.07) is 15.7. The van der Waals surface area contributed by atoms with E-state index in [0.717, 1.165) is 16.8 Å². The zero-order valence-electron chi connectivity index (χ0n) is 12.0. The summed E-state index contributed by atoms with van der Waals surface area (Å²) in [5.74, 6) is 0. The minimum atomic E-state index is 0.0116. The van der Waals surface area contributed by atoms with Crippen LogP contribution in [-0.4, -0.2) is 4.40 Å². The van der Waals surface area contributed by atoms with E-state index in [1.54, 1.807) is 16.5 Å². The van der Waals surface area contributed by atoms with Crippen LogP contribution in [0.25, 0.3) is 16.8 Å². The highest BCUT2D eigenvalue weighted by Crippen LogP contribution is 2.28. The predicted molar refractivity (Wildman–Crippen MR) is 83.3 cm³/mol. The molecule has 0 aliphatic carbocycles. The highest BCUT2D eigenvalue weighted by Gasteiger charge is 2.10. The lowest BCUT2D eigenvalue weighted by molar-refractivity contribution is 1.09. The van der Waals surface area contributed by atoms with Gasteiger partial charge in [-0.1, -0.05) is 29.8 Å². The molecular formula is C18H17NO. The zero-order chi connectivity index (χ0) is 14.3. The first-order valence-corrected chi connectivity index (χ1v) is 6.77. The lowest BCUT2D eigenvalue weighted by Crippen LogP contribution is -2.14. The molecule has 0 bridgehead atoms. The maximum absolute atomic E-state index is 12.2. The highest BCUT2D eigenvalue weighted by molar-refractivity contribution is 5.71. The Morgan fingerprint density at radius 3 is 2.10 bits per heavy atom. The normalized spacial score (nSPS) is 10.9. The SMILES string of the molecule is Cc1cc(C)c(-c2cccc3cccc(=O)n23)c(C)c1. The molecule has 2 heteroatoms. The third-order valence-electron chi connectivity index (χ3n) is 3.68. The molecule has 2 nitrogen and oxygen atoms in total. The molecule has 0 radical (unpaired) electrons. The van der Waals surface area contributed by atoms with Crippen molar-refractivity contribution in [1.82, 2.24) is 4.40 Å². The van der Waals surface area contributed by atoms with Crippen LogP contribution in [0.5, 0.6) is 0 Å². The van der Waals surface area contributed by atoms with Crippen molar-refractivity contribution in [3.8, 4) is 11.3 Å². The van der Waals surface area contributed by atoms with Gasteiger partial charge in [0.1, 0.15) is 0 Å². The van der Waals surface area contributed by atoms with Gasteiger partial charge in [0.25, 0.3) is 5.56 Å². The molecule has 100 valence electrons. The van der Waals surface area contributed by atoms with Crippen molar-refractivity contribution in [2.75, 3.05) is 0 Å². The number of hydrogen-bond donors (Lipinski definition) is 0. The molecule has 0 saturated heterocycles. The molecule has 2 aromatic heterocycles. The van der Waals surface area contributed by atoms with E-state index in [4.69, 9.17) is 0 Å². The van der Waals surface area contributed by atoms with Crippen molar-refractivity contribution in [2.45, 2.75) is 20.8 Å². The first-order valence-electron chi connectivity index (χ1n) is 6.77. The summed E-state index contributed by atoms with van der Waals surface area (Å²) in [6.45, 7) is 6.29. The van der Waals surface area contributed by atoms with E-state index < -0.39 is 0 Å². The maximum Gasteiger partial charge on any atom is 0.255 e. The predicted octanol–water partition coefficient (Wildman–Crippen LogP) is 3.89. The molecule has 0 aliphatic rings. The van der Waals surface area contributed by atoms with Gasteiger partial charge in [0, 0.05) is 17.1 Å². The van der Waals surface area contributed by atoms with Crippen LogP contribution in [0.15, 0.2) is 53.3 Å². The standard InChI is InChI=1S/C18H17NO/c1-12-10-13(2)18(14(3)11-12)16-8-4-6-15-7-5-9-17(20)19(15)16/h4-11H,1-3H3. The van der Waals surface area contributed by atoms with E-state index in [-0.39, 0.29) is 5.56 Å². The molecule has 3 aromatic rings. The number of aromatic nitrogens is 1. The van der Waals surface area contributed by atoms with Gasteiger partial charge in [-0.25, -0.2) is 0 Å². The van der Waals surface area contributed by atoms with E-state index in [1.807, 2.05) is 24.3 Å². The molecule has 0 amide bonds. The number of benzene rings is 1. The van der Waals surface area contributed by atoms with Gasteiger partial charge in [0.05, 0.1) is 5.69 Å². The van der Waals surface area contributed by atoms with Gasteiger partial charge in [-0.3, -0.25) is 9.20 Å². The molecule has 0 saturated carbocycles. The van der Waals surface area contributed by atoms with Gasteiger partial charge in [-0.05, 0) is 50.1 Å². The number of rotatable bonds is 1. The summed E-state index contributed by atoms with van der Waals surface area (Å²) >= 11 is 0. The quantitative estimate of drug-likeness (QED) is 0.652. The number of fused-ring (bicyclic) bond motifs is 1. The number of aryl methyl sites for hydroxylation is 3. The van der Waals surface area contributed by atoms with Crippen molar-refractivity contribution in [3.63, 3.8) is 0 Å². The third kappa shape index (κ3) is 1.94. The zero-order valence-corrected chi connectivity index (χ0v) is 12.0. The first-order chi connectivity index (χ1) is 9.58. The lowest BCUT2D eigenvalue weighted by atomic mass is 9.96. The Balaban J connectivity index is 2.45. The molecule has 1 aromatic carbocycles. The number of hydrogen-bond acceptors (Lipinski definition) is 1. The summed E-state index contributed by atoms with van der Waals surface area (Å²) in [5.41, 5.74) is 6.69. The summed E-state index contributed by atoms with van der Waals surface area (Å²) in [7, 11) is 0. The fourth-order valence-electron chi connectivity index (χ4n) is 2.98. The van der Waals surface area contributed by atoms with Crippen LogP contribution in [0, 0.1) is 20.8 Å². The molecule has 0 spiro atoms. The summed E-state index contributed by atoms with van der Waals surface area (Å²) in [5, 5.41) is 0. The van der Waals surface area contributed by atoms with Gasteiger partial charge in [0.15, 0.2) is 0 Å². The van der Waals surface area contributed by atoms with E-state index in [0.29, 0.717) is 0 Å². The molecule has 0 unspecified atom stereocenters. The van der Waals surface area contributed by atoms with E-state index >= 15 is 0 Å².